The molecule has 0 atom stereocenters. The summed E-state index contributed by atoms with van der Waals surface area (Å²) >= 11 is 1.51. The van der Waals surface area contributed by atoms with Crippen LogP contribution in [0.3, 0.4) is 0 Å². The van der Waals surface area contributed by atoms with Gasteiger partial charge in [-0.15, -0.1) is 10.2 Å². The van der Waals surface area contributed by atoms with Crippen LogP contribution >= 0.6 is 11.8 Å². The summed E-state index contributed by atoms with van der Waals surface area (Å²) in [6.07, 6.45) is 1.02. The monoisotopic (exact) mass is 473 g/mol. The highest BCUT2D eigenvalue weighted by atomic mass is 32.2. The third-order valence-corrected chi connectivity index (χ3v) is 6.16. The van der Waals surface area contributed by atoms with Crippen LogP contribution in [0.2, 0.25) is 0 Å². The van der Waals surface area contributed by atoms with E-state index in [1.165, 1.54) is 23.9 Å². The molecular formula is C25H23N5O3S. The molecule has 8 nitrogen and oxygen atoms in total. The van der Waals surface area contributed by atoms with Gasteiger partial charge in [0.05, 0.1) is 11.5 Å². The lowest BCUT2D eigenvalue weighted by Crippen LogP contribution is -2.24. The quantitative estimate of drug-likeness (QED) is 0.203. The van der Waals surface area contributed by atoms with Crippen molar-refractivity contribution in [1.82, 2.24) is 20.1 Å². The number of nitrogens with one attached hydrogen (secondary N) is 1. The maximum Gasteiger partial charge on any atom is 0.269 e. The van der Waals surface area contributed by atoms with Crippen LogP contribution in [0.15, 0.2) is 90.1 Å². The van der Waals surface area contributed by atoms with E-state index in [0.717, 1.165) is 11.1 Å². The van der Waals surface area contributed by atoms with Gasteiger partial charge in [-0.2, -0.15) is 0 Å². The van der Waals surface area contributed by atoms with Gasteiger partial charge < -0.3 is 5.32 Å². The highest BCUT2D eigenvalue weighted by molar-refractivity contribution is 7.98. The molecule has 4 aromatic rings. The van der Waals surface area contributed by atoms with Gasteiger partial charge in [-0.1, -0.05) is 72.4 Å². The molecule has 0 spiro atoms. The highest BCUT2D eigenvalue weighted by Crippen LogP contribution is 2.26. The maximum absolute atomic E-state index is 12.4. The molecule has 0 fully saturated rings. The van der Waals surface area contributed by atoms with Crippen LogP contribution in [-0.2, 0) is 23.5 Å². The van der Waals surface area contributed by atoms with E-state index in [-0.39, 0.29) is 18.1 Å². The van der Waals surface area contributed by atoms with Gasteiger partial charge in [0.25, 0.3) is 5.69 Å². The van der Waals surface area contributed by atoms with Gasteiger partial charge in [0.2, 0.25) is 5.91 Å². The lowest BCUT2D eigenvalue weighted by atomic mass is 10.1. The molecule has 1 aromatic heterocycles. The van der Waals surface area contributed by atoms with Crippen molar-refractivity contribution in [3.8, 4) is 5.69 Å². The minimum Gasteiger partial charge on any atom is -0.349 e. The van der Waals surface area contributed by atoms with E-state index in [9.17, 15) is 14.9 Å². The fourth-order valence-electron chi connectivity index (χ4n) is 3.38. The first-order chi connectivity index (χ1) is 16.6. The number of nitro groups is 1. The van der Waals surface area contributed by atoms with Gasteiger partial charge in [-0.25, -0.2) is 0 Å². The number of rotatable bonds is 10. The minimum absolute atomic E-state index is 0.00563. The number of hydrogen-bond donors (Lipinski definition) is 1. The highest BCUT2D eigenvalue weighted by Gasteiger charge is 2.17. The van der Waals surface area contributed by atoms with E-state index >= 15 is 0 Å². The summed E-state index contributed by atoms with van der Waals surface area (Å²) in [5, 5.41) is 23.2. The number of nitrogens with zero attached hydrogens (tertiary/aromatic N) is 4. The zero-order valence-corrected chi connectivity index (χ0v) is 19.1. The first-order valence-corrected chi connectivity index (χ1v) is 11.7. The van der Waals surface area contributed by atoms with E-state index in [2.05, 4.69) is 15.5 Å². The number of carbonyl (C=O) groups is 1. The first-order valence-electron chi connectivity index (χ1n) is 10.8. The average Bonchev–Trinajstić information content (AvgIpc) is 3.29. The molecule has 1 amide bonds. The standard InChI is InChI=1S/C25H23N5O3S/c31-24(16-11-19-7-3-1-4-8-19)26-17-23-27-28-25(34-18-20-9-5-2-6-10-20)29(23)21-12-14-22(15-13-21)30(32)33/h1-10,12-15H,11,16-18H2,(H,26,31). The number of carbonyl (C=O) groups excluding carboxylic acids is 1. The fraction of sp³-hybridized carbons (Fsp3) is 0.160. The van der Waals surface area contributed by atoms with Crippen LogP contribution in [0.4, 0.5) is 5.69 Å². The van der Waals surface area contributed by atoms with Gasteiger partial charge in [-0.05, 0) is 29.7 Å². The summed E-state index contributed by atoms with van der Waals surface area (Å²) in [5.74, 6) is 1.16. The molecule has 172 valence electrons. The maximum atomic E-state index is 12.4. The van der Waals surface area contributed by atoms with Crippen molar-refractivity contribution in [2.24, 2.45) is 0 Å². The molecule has 0 aliphatic carbocycles. The summed E-state index contributed by atoms with van der Waals surface area (Å²) in [6.45, 7) is 0.198. The lowest BCUT2D eigenvalue weighted by molar-refractivity contribution is -0.384. The molecule has 9 heteroatoms. The second-order valence-electron chi connectivity index (χ2n) is 7.54. The number of non-ortho nitro benzene ring substituents is 1. The Kier molecular flexibility index (Phi) is 7.67. The molecule has 1 N–H and O–H groups in total. The van der Waals surface area contributed by atoms with Gasteiger partial charge in [-0.3, -0.25) is 19.5 Å². The molecule has 0 radical (unpaired) electrons. The Labute approximate surface area is 201 Å². The number of amides is 1. The Bertz CT molecular complexity index is 1240. The zero-order chi connectivity index (χ0) is 23.8. The average molecular weight is 474 g/mol. The Balaban J connectivity index is 1.49. The summed E-state index contributed by atoms with van der Waals surface area (Å²) in [5.41, 5.74) is 2.94. The Hall–Kier alpha value is -3.98. The second kappa shape index (κ2) is 11.2. The van der Waals surface area contributed by atoms with Crippen molar-refractivity contribution in [2.75, 3.05) is 0 Å². The molecule has 4 rings (SSSR count). The van der Waals surface area contributed by atoms with Crippen molar-refractivity contribution in [1.29, 1.82) is 0 Å². The Morgan fingerprint density at radius 2 is 1.56 bits per heavy atom. The second-order valence-corrected chi connectivity index (χ2v) is 8.49. The number of aromatic nitrogens is 3. The molecule has 3 aromatic carbocycles. The molecule has 0 aliphatic rings. The molecule has 34 heavy (non-hydrogen) atoms. The van der Waals surface area contributed by atoms with Crippen LogP contribution in [-0.4, -0.2) is 25.6 Å². The van der Waals surface area contributed by atoms with Crippen molar-refractivity contribution in [3.05, 3.63) is 112 Å². The molecule has 0 saturated heterocycles. The largest absolute Gasteiger partial charge is 0.349 e. The summed E-state index contributed by atoms with van der Waals surface area (Å²) < 4.78 is 1.83. The summed E-state index contributed by atoms with van der Waals surface area (Å²) in [7, 11) is 0. The van der Waals surface area contributed by atoms with Crippen molar-refractivity contribution in [2.45, 2.75) is 30.3 Å². The van der Waals surface area contributed by atoms with Crippen LogP contribution in [0.5, 0.6) is 0 Å². The molecule has 0 bridgehead atoms. The molecule has 0 aliphatic heterocycles. The number of thioether (sulfide) groups is 1. The predicted molar refractivity (Wildman–Crippen MR) is 131 cm³/mol. The minimum atomic E-state index is -0.436. The van der Waals surface area contributed by atoms with Crippen molar-refractivity contribution < 1.29 is 9.72 Å². The van der Waals surface area contributed by atoms with Crippen LogP contribution in [0.25, 0.3) is 5.69 Å². The smallest absolute Gasteiger partial charge is 0.269 e. The van der Waals surface area contributed by atoms with E-state index in [1.54, 1.807) is 12.1 Å². The first kappa shape index (κ1) is 23.2. The summed E-state index contributed by atoms with van der Waals surface area (Å²) in [6, 6.07) is 26.1. The SMILES string of the molecule is O=C(CCc1ccccc1)NCc1nnc(SCc2ccccc2)n1-c1ccc([N+](=O)[O-])cc1. The van der Waals surface area contributed by atoms with Gasteiger partial charge in [0, 0.05) is 30.0 Å². The van der Waals surface area contributed by atoms with Crippen LogP contribution in [0.1, 0.15) is 23.4 Å². The fourth-order valence-corrected chi connectivity index (χ4v) is 4.31. The summed E-state index contributed by atoms with van der Waals surface area (Å²) in [4.78, 5) is 23.0. The molecule has 0 saturated carbocycles. The third kappa shape index (κ3) is 6.08. The normalized spacial score (nSPS) is 10.7. The van der Waals surface area contributed by atoms with Gasteiger partial charge in [0.15, 0.2) is 11.0 Å². The van der Waals surface area contributed by atoms with Crippen LogP contribution in [0, 0.1) is 10.1 Å². The number of hydrogen-bond acceptors (Lipinski definition) is 6. The Morgan fingerprint density at radius 3 is 2.21 bits per heavy atom. The van der Waals surface area contributed by atoms with Crippen molar-refractivity contribution in [3.63, 3.8) is 0 Å². The molecule has 1 heterocycles. The van der Waals surface area contributed by atoms with Gasteiger partial charge in [0.1, 0.15) is 0 Å². The Morgan fingerprint density at radius 1 is 0.912 bits per heavy atom. The van der Waals surface area contributed by atoms with E-state index in [4.69, 9.17) is 0 Å². The number of nitro benzene ring substituents is 1. The lowest BCUT2D eigenvalue weighted by Gasteiger charge is -2.11. The zero-order valence-electron chi connectivity index (χ0n) is 18.3. The third-order valence-electron chi connectivity index (χ3n) is 5.16. The van der Waals surface area contributed by atoms with E-state index in [1.807, 2.05) is 65.2 Å². The van der Waals surface area contributed by atoms with Gasteiger partial charge >= 0.3 is 0 Å². The van der Waals surface area contributed by atoms with E-state index < -0.39 is 4.92 Å². The predicted octanol–water partition coefficient (Wildman–Crippen LogP) is 4.72. The topological polar surface area (TPSA) is 103 Å². The number of aryl methyl sites for hydroxylation is 1. The molecule has 0 unspecified atom stereocenters. The number of benzene rings is 3. The van der Waals surface area contributed by atoms with E-state index in [0.29, 0.717) is 35.3 Å². The molecular weight excluding hydrogens is 450 g/mol. The van der Waals surface area contributed by atoms with Crippen LogP contribution < -0.4 is 5.32 Å². The van der Waals surface area contributed by atoms with Crippen molar-refractivity contribution >= 4 is 23.4 Å².